The zero-order valence-electron chi connectivity index (χ0n) is 14.0. The Kier molecular flexibility index (Phi) is 7.27. The molecule has 8 N–H and O–H groups in total. The van der Waals surface area contributed by atoms with E-state index in [0.29, 0.717) is 0 Å². The molecule has 0 aromatic rings. The van der Waals surface area contributed by atoms with Crippen LogP contribution in [-0.4, -0.2) is 116 Å². The molecule has 12 nitrogen and oxygen atoms in total. The second-order valence-corrected chi connectivity index (χ2v) is 6.30. The van der Waals surface area contributed by atoms with E-state index in [0.717, 1.165) is 0 Å². The Balaban J connectivity index is 1.95. The quantitative estimate of drug-likeness (QED) is 0.226. The number of hydrogen-bond donors (Lipinski definition) is 8. The van der Waals surface area contributed by atoms with Crippen LogP contribution in [0.2, 0.25) is 0 Å². The number of carbonyl (C=O) groups excluding carboxylic acids is 1. The summed E-state index contributed by atoms with van der Waals surface area (Å²) in [5.41, 5.74) is 0. The first-order valence-corrected chi connectivity index (χ1v) is 8.06. The number of carbonyl (C=O) groups is 1. The summed E-state index contributed by atoms with van der Waals surface area (Å²) in [7, 11) is 0. The molecule has 2 fully saturated rings. The molecule has 2 heterocycles. The van der Waals surface area contributed by atoms with Crippen LogP contribution in [0.5, 0.6) is 0 Å². The van der Waals surface area contributed by atoms with Crippen molar-refractivity contribution >= 4 is 5.91 Å². The van der Waals surface area contributed by atoms with Gasteiger partial charge in [-0.15, -0.1) is 0 Å². The van der Waals surface area contributed by atoms with E-state index in [4.69, 9.17) is 19.3 Å². The van der Waals surface area contributed by atoms with Gasteiger partial charge in [-0.1, -0.05) is 0 Å². The molecule has 0 aromatic heterocycles. The van der Waals surface area contributed by atoms with Crippen LogP contribution in [0, 0.1) is 0 Å². The van der Waals surface area contributed by atoms with Crippen molar-refractivity contribution in [3.8, 4) is 0 Å². The van der Waals surface area contributed by atoms with E-state index < -0.39 is 80.5 Å². The smallest absolute Gasteiger partial charge is 0.217 e. The molecule has 0 radical (unpaired) electrons. The van der Waals surface area contributed by atoms with Gasteiger partial charge in [-0.25, -0.2) is 0 Å². The first kappa shape index (κ1) is 21.4. The van der Waals surface area contributed by atoms with Crippen LogP contribution in [-0.2, 0) is 19.0 Å². The van der Waals surface area contributed by atoms with Crippen LogP contribution in [0.25, 0.3) is 0 Å². The molecular weight excluding hydrogens is 358 g/mol. The highest BCUT2D eigenvalue weighted by atomic mass is 16.7. The standard InChI is InChI=1S/C14H25NO11/c1-4(17)15-7-10(20)9(19)6(25-13(7)23)3-24-14-12(22)11(21)8(18)5(2-16)26-14/h5-14,16,18-23H,2-3H2,1H3,(H,15,17)/t5-,6-,7-,8+,9+,10-,11+,12-,13+,14-/m1/s1. The fourth-order valence-corrected chi connectivity index (χ4v) is 2.87. The first-order valence-electron chi connectivity index (χ1n) is 8.06. The SMILES string of the molecule is CC(=O)N[C@@H]1[C@@H](O)[C@@H](O)[C@@H](CO[C@@H]2O[C@H](CO)[C@H](O)[C@H](O)[C@H]2O)O[C@@H]1O. The maximum Gasteiger partial charge on any atom is 0.217 e. The predicted molar refractivity (Wildman–Crippen MR) is 80.2 cm³/mol. The zero-order chi connectivity index (χ0) is 19.6. The van der Waals surface area contributed by atoms with Crippen molar-refractivity contribution in [3.63, 3.8) is 0 Å². The molecule has 2 aliphatic rings. The van der Waals surface area contributed by atoms with Gasteiger partial charge in [-0.3, -0.25) is 4.79 Å². The lowest BCUT2D eigenvalue weighted by atomic mass is 9.97. The largest absolute Gasteiger partial charge is 0.394 e. The van der Waals surface area contributed by atoms with Gasteiger partial charge in [-0.2, -0.15) is 0 Å². The summed E-state index contributed by atoms with van der Waals surface area (Å²) in [5, 5.41) is 70.6. The maximum atomic E-state index is 11.1. The number of aliphatic hydroxyl groups excluding tert-OH is 7. The van der Waals surface area contributed by atoms with Gasteiger partial charge < -0.3 is 55.3 Å². The maximum absolute atomic E-state index is 11.1. The van der Waals surface area contributed by atoms with Crippen molar-refractivity contribution in [1.82, 2.24) is 5.32 Å². The topological polar surface area (TPSA) is 198 Å². The Morgan fingerprint density at radius 3 is 2.12 bits per heavy atom. The van der Waals surface area contributed by atoms with Gasteiger partial charge >= 0.3 is 0 Å². The van der Waals surface area contributed by atoms with Crippen molar-refractivity contribution in [3.05, 3.63) is 0 Å². The highest BCUT2D eigenvalue weighted by Crippen LogP contribution is 2.24. The summed E-state index contributed by atoms with van der Waals surface area (Å²) in [4.78, 5) is 11.1. The molecule has 0 unspecified atom stereocenters. The van der Waals surface area contributed by atoms with Gasteiger partial charge in [0.15, 0.2) is 12.6 Å². The normalized spacial score (nSPS) is 46.8. The van der Waals surface area contributed by atoms with Gasteiger partial charge in [0.05, 0.1) is 13.2 Å². The highest BCUT2D eigenvalue weighted by Gasteiger charge is 2.47. The van der Waals surface area contributed by atoms with Crippen molar-refractivity contribution in [1.29, 1.82) is 0 Å². The molecule has 12 heteroatoms. The Morgan fingerprint density at radius 2 is 1.54 bits per heavy atom. The predicted octanol–water partition coefficient (Wildman–Crippen LogP) is -5.25. The van der Waals surface area contributed by atoms with E-state index in [1.807, 2.05) is 0 Å². The summed E-state index contributed by atoms with van der Waals surface area (Å²) in [6.07, 6.45) is -13.4. The van der Waals surface area contributed by atoms with E-state index in [1.165, 1.54) is 6.92 Å². The molecule has 0 saturated carbocycles. The van der Waals surface area contributed by atoms with Crippen LogP contribution in [0.3, 0.4) is 0 Å². The first-order chi connectivity index (χ1) is 12.2. The molecule has 0 aliphatic carbocycles. The average molecular weight is 383 g/mol. The number of hydrogen-bond acceptors (Lipinski definition) is 11. The third-order valence-corrected chi connectivity index (χ3v) is 4.36. The summed E-state index contributed by atoms with van der Waals surface area (Å²) < 4.78 is 15.5. The van der Waals surface area contributed by atoms with Crippen LogP contribution in [0.4, 0.5) is 0 Å². The fourth-order valence-electron chi connectivity index (χ4n) is 2.87. The van der Waals surface area contributed by atoms with E-state index in [9.17, 15) is 35.4 Å². The van der Waals surface area contributed by atoms with E-state index >= 15 is 0 Å². The minimum Gasteiger partial charge on any atom is -0.394 e. The van der Waals surface area contributed by atoms with E-state index in [2.05, 4.69) is 5.32 Å². The molecule has 10 atom stereocenters. The molecule has 2 saturated heterocycles. The molecule has 0 aromatic carbocycles. The average Bonchev–Trinajstić information content (AvgIpc) is 2.59. The van der Waals surface area contributed by atoms with E-state index in [-0.39, 0.29) is 0 Å². The minimum atomic E-state index is -1.64. The van der Waals surface area contributed by atoms with Gasteiger partial charge in [0.1, 0.15) is 48.8 Å². The summed E-state index contributed by atoms with van der Waals surface area (Å²) in [6.45, 7) is 0.0636. The zero-order valence-corrected chi connectivity index (χ0v) is 14.0. The molecule has 2 rings (SSSR count). The number of ether oxygens (including phenoxy) is 3. The number of rotatable bonds is 5. The molecule has 0 bridgehead atoms. The lowest BCUT2D eigenvalue weighted by Crippen LogP contribution is -2.64. The monoisotopic (exact) mass is 383 g/mol. The summed E-state index contributed by atoms with van der Waals surface area (Å²) in [6, 6.07) is -1.24. The van der Waals surface area contributed by atoms with Crippen molar-refractivity contribution in [2.45, 2.75) is 68.3 Å². The molecule has 2 aliphatic heterocycles. The van der Waals surface area contributed by atoms with Crippen LogP contribution < -0.4 is 5.32 Å². The summed E-state index contributed by atoms with van der Waals surface area (Å²) >= 11 is 0. The van der Waals surface area contributed by atoms with Crippen LogP contribution in [0.1, 0.15) is 6.92 Å². The fraction of sp³-hybridized carbons (Fsp3) is 0.929. The molecule has 26 heavy (non-hydrogen) atoms. The highest BCUT2D eigenvalue weighted by molar-refractivity contribution is 5.73. The number of amides is 1. The van der Waals surface area contributed by atoms with Crippen LogP contribution >= 0.6 is 0 Å². The third-order valence-electron chi connectivity index (χ3n) is 4.36. The lowest BCUT2D eigenvalue weighted by Gasteiger charge is -2.42. The second kappa shape index (κ2) is 8.84. The molecule has 152 valence electrons. The summed E-state index contributed by atoms with van der Waals surface area (Å²) in [5.74, 6) is -0.542. The second-order valence-electron chi connectivity index (χ2n) is 6.30. The van der Waals surface area contributed by atoms with Gasteiger partial charge in [0, 0.05) is 6.92 Å². The van der Waals surface area contributed by atoms with E-state index in [1.54, 1.807) is 0 Å². The molecular formula is C14H25NO11. The van der Waals surface area contributed by atoms with Gasteiger partial charge in [0.25, 0.3) is 0 Å². The Hall–Kier alpha value is -0.930. The van der Waals surface area contributed by atoms with Crippen molar-refractivity contribution < 1.29 is 54.8 Å². The third kappa shape index (κ3) is 4.48. The molecule has 1 amide bonds. The number of aliphatic hydroxyl groups is 7. The molecule has 0 spiro atoms. The Bertz CT molecular complexity index is 478. The van der Waals surface area contributed by atoms with Gasteiger partial charge in [-0.05, 0) is 0 Å². The Morgan fingerprint density at radius 1 is 0.923 bits per heavy atom. The Labute approximate surface area is 148 Å². The van der Waals surface area contributed by atoms with Gasteiger partial charge in [0.2, 0.25) is 5.91 Å². The van der Waals surface area contributed by atoms with Crippen molar-refractivity contribution in [2.75, 3.05) is 13.2 Å². The number of nitrogens with one attached hydrogen (secondary N) is 1. The van der Waals surface area contributed by atoms with Crippen LogP contribution in [0.15, 0.2) is 0 Å². The lowest BCUT2D eigenvalue weighted by molar-refractivity contribution is -0.318. The van der Waals surface area contributed by atoms with Crippen molar-refractivity contribution in [2.24, 2.45) is 0 Å². The minimum absolute atomic E-state index is 0.467.